The van der Waals surface area contributed by atoms with E-state index in [9.17, 15) is 0 Å². The van der Waals surface area contributed by atoms with E-state index in [1.54, 1.807) is 23.7 Å². The number of rotatable bonds is 3. The maximum atomic E-state index is 5.94. The Hall–Kier alpha value is -1.46. The molecule has 0 spiro atoms. The van der Waals surface area contributed by atoms with Crippen molar-refractivity contribution < 1.29 is 0 Å². The minimum atomic E-state index is -0.0187. The smallest absolute Gasteiger partial charge is 0.183 e. The first kappa shape index (κ1) is 11.0. The number of nitrogens with one attached hydrogen (secondary N) is 1. The van der Waals surface area contributed by atoms with Crippen molar-refractivity contribution in [2.45, 2.75) is 13.0 Å². The lowest BCUT2D eigenvalue weighted by Gasteiger charge is -2.04. The number of hydrogen-bond acceptors (Lipinski definition) is 5. The Morgan fingerprint density at radius 3 is 2.88 bits per heavy atom. The lowest BCUT2D eigenvalue weighted by Crippen LogP contribution is -2.04. The van der Waals surface area contributed by atoms with Crippen molar-refractivity contribution in [2.75, 3.05) is 12.4 Å². The molecule has 4 nitrogen and oxygen atoms in total. The molecule has 2 heterocycles. The molecule has 0 aliphatic heterocycles. The van der Waals surface area contributed by atoms with Crippen LogP contribution in [0.5, 0.6) is 0 Å². The van der Waals surface area contributed by atoms with Crippen LogP contribution in [0.3, 0.4) is 0 Å². The molecule has 1 unspecified atom stereocenters. The van der Waals surface area contributed by atoms with Gasteiger partial charge in [-0.1, -0.05) is 11.3 Å². The van der Waals surface area contributed by atoms with Crippen molar-refractivity contribution in [3.8, 4) is 11.3 Å². The van der Waals surface area contributed by atoms with Crippen molar-refractivity contribution >= 4 is 16.5 Å². The number of aromatic nitrogens is 2. The van der Waals surface area contributed by atoms with Crippen molar-refractivity contribution in [2.24, 2.45) is 5.73 Å². The first-order valence-corrected chi connectivity index (χ1v) is 5.88. The molecular weight excluding hydrogens is 220 g/mol. The fourth-order valence-electron chi connectivity index (χ4n) is 1.46. The first-order valence-electron chi connectivity index (χ1n) is 5.07. The zero-order chi connectivity index (χ0) is 11.5. The minimum absolute atomic E-state index is 0.0187. The number of nitrogens with zero attached hydrogens (tertiary/aromatic N) is 2. The van der Waals surface area contributed by atoms with Gasteiger partial charge in [-0.3, -0.25) is 4.98 Å². The van der Waals surface area contributed by atoms with Gasteiger partial charge in [0.15, 0.2) is 5.13 Å². The highest BCUT2D eigenvalue weighted by Gasteiger charge is 2.15. The molecule has 5 heteroatoms. The van der Waals surface area contributed by atoms with E-state index in [4.69, 9.17) is 5.73 Å². The van der Waals surface area contributed by atoms with E-state index < -0.39 is 0 Å². The monoisotopic (exact) mass is 234 g/mol. The van der Waals surface area contributed by atoms with E-state index in [0.717, 1.165) is 21.3 Å². The van der Waals surface area contributed by atoms with E-state index >= 15 is 0 Å². The average molecular weight is 234 g/mol. The Morgan fingerprint density at radius 2 is 2.31 bits per heavy atom. The molecule has 0 saturated heterocycles. The molecule has 84 valence electrons. The minimum Gasteiger partial charge on any atom is -0.365 e. The molecule has 16 heavy (non-hydrogen) atoms. The average Bonchev–Trinajstić information content (AvgIpc) is 2.74. The van der Waals surface area contributed by atoms with E-state index in [1.807, 2.05) is 26.1 Å². The summed E-state index contributed by atoms with van der Waals surface area (Å²) in [6.45, 7) is 1.97. The standard InChI is InChI=1S/C11H14N4S/c1-7(12)10-9(15-11(13-2)16-10)8-4-3-5-14-6-8/h3-7H,12H2,1-2H3,(H,13,15). The molecule has 1 atom stereocenters. The SMILES string of the molecule is CNc1nc(-c2cccnc2)c(C(C)N)s1. The molecule has 2 rings (SSSR count). The summed E-state index contributed by atoms with van der Waals surface area (Å²) in [7, 11) is 1.86. The third-order valence-electron chi connectivity index (χ3n) is 2.22. The lowest BCUT2D eigenvalue weighted by atomic mass is 10.1. The summed E-state index contributed by atoms with van der Waals surface area (Å²) in [6.07, 6.45) is 3.56. The Bertz CT molecular complexity index is 464. The zero-order valence-corrected chi connectivity index (χ0v) is 10.1. The van der Waals surface area contributed by atoms with E-state index in [1.165, 1.54) is 0 Å². The van der Waals surface area contributed by atoms with Gasteiger partial charge >= 0.3 is 0 Å². The van der Waals surface area contributed by atoms with Crippen molar-refractivity contribution in [3.05, 3.63) is 29.4 Å². The molecule has 0 amide bonds. The van der Waals surface area contributed by atoms with Crippen LogP contribution in [0.15, 0.2) is 24.5 Å². The van der Waals surface area contributed by atoms with Crippen LogP contribution >= 0.6 is 11.3 Å². The second kappa shape index (κ2) is 4.59. The molecule has 0 saturated carbocycles. The maximum Gasteiger partial charge on any atom is 0.183 e. The van der Waals surface area contributed by atoms with E-state index in [-0.39, 0.29) is 6.04 Å². The highest BCUT2D eigenvalue weighted by atomic mass is 32.1. The van der Waals surface area contributed by atoms with Gasteiger partial charge in [0.05, 0.1) is 10.6 Å². The van der Waals surface area contributed by atoms with Gasteiger partial charge in [-0.05, 0) is 19.1 Å². The third kappa shape index (κ3) is 2.05. The molecular formula is C11H14N4S. The summed E-state index contributed by atoms with van der Waals surface area (Å²) in [4.78, 5) is 9.69. The van der Waals surface area contributed by atoms with Crippen LogP contribution in [0, 0.1) is 0 Å². The number of nitrogens with two attached hydrogens (primary N) is 1. The van der Waals surface area contributed by atoms with E-state index in [2.05, 4.69) is 15.3 Å². The predicted octanol–water partition coefficient (Wildman–Crippen LogP) is 2.27. The number of anilines is 1. The highest BCUT2D eigenvalue weighted by molar-refractivity contribution is 7.16. The second-order valence-electron chi connectivity index (χ2n) is 3.51. The van der Waals surface area contributed by atoms with E-state index in [0.29, 0.717) is 0 Å². The Morgan fingerprint density at radius 1 is 1.50 bits per heavy atom. The van der Waals surface area contributed by atoms with Crippen LogP contribution in [-0.2, 0) is 0 Å². The van der Waals surface area contributed by atoms with Gasteiger partial charge in [0.25, 0.3) is 0 Å². The molecule has 0 radical (unpaired) electrons. The lowest BCUT2D eigenvalue weighted by molar-refractivity contribution is 0.837. The summed E-state index contributed by atoms with van der Waals surface area (Å²) in [5.41, 5.74) is 7.88. The fraction of sp³-hybridized carbons (Fsp3) is 0.273. The summed E-state index contributed by atoms with van der Waals surface area (Å²) in [5, 5.41) is 3.92. The van der Waals surface area contributed by atoms with Crippen LogP contribution in [0.2, 0.25) is 0 Å². The molecule has 0 aliphatic carbocycles. The van der Waals surface area contributed by atoms with Gasteiger partial charge in [0.2, 0.25) is 0 Å². The van der Waals surface area contributed by atoms with Crippen molar-refractivity contribution in [1.82, 2.24) is 9.97 Å². The number of thiazole rings is 1. The van der Waals surface area contributed by atoms with Crippen molar-refractivity contribution in [3.63, 3.8) is 0 Å². The molecule has 0 aliphatic rings. The predicted molar refractivity (Wildman–Crippen MR) is 67.5 cm³/mol. The summed E-state index contributed by atoms with van der Waals surface area (Å²) < 4.78 is 0. The maximum absolute atomic E-state index is 5.94. The largest absolute Gasteiger partial charge is 0.365 e. The van der Waals surface area contributed by atoms with Gasteiger partial charge in [-0.25, -0.2) is 4.98 Å². The molecule has 2 aromatic heterocycles. The molecule has 3 N–H and O–H groups in total. The summed E-state index contributed by atoms with van der Waals surface area (Å²) in [6, 6.07) is 3.88. The topological polar surface area (TPSA) is 63.8 Å². The zero-order valence-electron chi connectivity index (χ0n) is 9.27. The Kier molecular flexibility index (Phi) is 3.17. The van der Waals surface area contributed by atoms with Gasteiger partial charge in [-0.2, -0.15) is 0 Å². The van der Waals surface area contributed by atoms with Crippen LogP contribution in [0.4, 0.5) is 5.13 Å². The van der Waals surface area contributed by atoms with Crippen LogP contribution < -0.4 is 11.1 Å². The molecule has 2 aromatic rings. The Balaban J connectivity index is 2.51. The second-order valence-corrected chi connectivity index (χ2v) is 4.54. The van der Waals surface area contributed by atoms with Gasteiger partial charge in [0.1, 0.15) is 0 Å². The summed E-state index contributed by atoms with van der Waals surface area (Å²) >= 11 is 1.59. The molecule has 0 bridgehead atoms. The van der Waals surface area contributed by atoms with Crippen LogP contribution in [-0.4, -0.2) is 17.0 Å². The molecule has 0 aromatic carbocycles. The number of pyridine rings is 1. The normalized spacial score (nSPS) is 12.4. The van der Waals surface area contributed by atoms with Crippen LogP contribution in [0.1, 0.15) is 17.8 Å². The quantitative estimate of drug-likeness (QED) is 0.855. The van der Waals surface area contributed by atoms with Crippen molar-refractivity contribution in [1.29, 1.82) is 0 Å². The summed E-state index contributed by atoms with van der Waals surface area (Å²) in [5.74, 6) is 0. The fourth-order valence-corrected chi connectivity index (χ4v) is 2.35. The third-order valence-corrected chi connectivity index (χ3v) is 3.49. The van der Waals surface area contributed by atoms with Gasteiger partial charge < -0.3 is 11.1 Å². The van der Waals surface area contributed by atoms with Gasteiger partial charge in [-0.15, -0.1) is 0 Å². The number of hydrogen-bond donors (Lipinski definition) is 2. The first-order chi connectivity index (χ1) is 7.72. The van der Waals surface area contributed by atoms with Gasteiger partial charge in [0, 0.05) is 31.0 Å². The highest BCUT2D eigenvalue weighted by Crippen LogP contribution is 2.33. The molecule has 0 fully saturated rings. The Labute approximate surface area is 98.6 Å². The van der Waals surface area contributed by atoms with Crippen LogP contribution in [0.25, 0.3) is 11.3 Å².